The Kier molecular flexibility index (Phi) is 8.48. The predicted octanol–water partition coefficient (Wildman–Crippen LogP) is 0.659. The molecule has 0 saturated carbocycles. The Labute approximate surface area is 181 Å². The molecule has 0 aliphatic carbocycles. The van der Waals surface area contributed by atoms with Gasteiger partial charge in [0.1, 0.15) is 36.6 Å². The number of aliphatic hydroxyl groups excluding tert-OH is 1. The number of rotatable bonds is 12. The molecule has 0 bridgehead atoms. The molecule has 11 heteroatoms. The number of ether oxygens (including phenoxy) is 2. The van der Waals surface area contributed by atoms with E-state index in [0.717, 1.165) is 6.26 Å². The molecule has 0 aliphatic heterocycles. The Morgan fingerprint density at radius 2 is 1.71 bits per heavy atom. The van der Waals surface area contributed by atoms with Crippen molar-refractivity contribution in [3.05, 3.63) is 48.0 Å². The predicted molar refractivity (Wildman–Crippen MR) is 116 cm³/mol. The van der Waals surface area contributed by atoms with Crippen LogP contribution in [0.25, 0.3) is 0 Å². The molecule has 0 radical (unpaired) electrons. The smallest absolute Gasteiger partial charge is 0.252 e. The van der Waals surface area contributed by atoms with Crippen molar-refractivity contribution in [1.82, 2.24) is 5.32 Å². The van der Waals surface area contributed by atoms with Crippen LogP contribution in [0.4, 0.5) is 5.69 Å². The van der Waals surface area contributed by atoms with Crippen molar-refractivity contribution in [3.63, 3.8) is 0 Å². The summed E-state index contributed by atoms with van der Waals surface area (Å²) in [5, 5.41) is 22.9. The first-order valence-corrected chi connectivity index (χ1v) is 11.3. The Morgan fingerprint density at radius 3 is 2.29 bits per heavy atom. The summed E-state index contributed by atoms with van der Waals surface area (Å²) in [5.74, 6) is -0.0994. The molecule has 0 aliphatic rings. The number of carbonyl (C=O) groups excluding carboxylic acids is 1. The van der Waals surface area contributed by atoms with E-state index >= 15 is 0 Å². The normalized spacial score (nSPS) is 13.3. The highest BCUT2D eigenvalue weighted by atomic mass is 32.2. The van der Waals surface area contributed by atoms with Gasteiger partial charge in [0.2, 0.25) is 10.0 Å². The molecule has 2 aromatic rings. The lowest BCUT2D eigenvalue weighted by Crippen LogP contribution is -2.39. The molecule has 0 saturated heterocycles. The minimum Gasteiger partial charge on any atom is -0.507 e. The van der Waals surface area contributed by atoms with Crippen LogP contribution in [0.5, 0.6) is 17.2 Å². The van der Waals surface area contributed by atoms with Gasteiger partial charge in [-0.2, -0.15) is 0 Å². The van der Waals surface area contributed by atoms with Crippen molar-refractivity contribution < 1.29 is 32.9 Å². The van der Waals surface area contributed by atoms with Crippen LogP contribution in [0.1, 0.15) is 17.3 Å². The molecule has 0 aromatic heterocycles. The summed E-state index contributed by atoms with van der Waals surface area (Å²) >= 11 is 0. The number of carbonyl (C=O) groups is 1. The number of aromatic hydroxyl groups is 1. The minimum absolute atomic E-state index is 0.0166. The number of hydrogen-bond acceptors (Lipinski definition) is 8. The van der Waals surface area contributed by atoms with E-state index in [4.69, 9.17) is 15.2 Å². The van der Waals surface area contributed by atoms with Crippen LogP contribution < -0.4 is 25.2 Å². The van der Waals surface area contributed by atoms with Gasteiger partial charge >= 0.3 is 0 Å². The van der Waals surface area contributed by atoms with Gasteiger partial charge in [0.05, 0.1) is 11.8 Å². The fraction of sp³-hybridized carbons (Fsp3) is 0.350. The molecule has 1 amide bonds. The lowest BCUT2D eigenvalue weighted by molar-refractivity contribution is 0.0997. The molecule has 2 rings (SSSR count). The van der Waals surface area contributed by atoms with Crippen LogP contribution in [0, 0.1) is 0 Å². The lowest BCUT2D eigenvalue weighted by atomic mass is 10.2. The fourth-order valence-corrected chi connectivity index (χ4v) is 3.08. The van der Waals surface area contributed by atoms with E-state index in [2.05, 4.69) is 10.0 Å². The topological polar surface area (TPSA) is 160 Å². The van der Waals surface area contributed by atoms with Gasteiger partial charge in [-0.3, -0.25) is 9.52 Å². The summed E-state index contributed by atoms with van der Waals surface area (Å²) in [5.41, 5.74) is 5.57. The van der Waals surface area contributed by atoms with Crippen molar-refractivity contribution in [2.24, 2.45) is 5.73 Å². The number of nitrogens with one attached hydrogen (secondary N) is 2. The van der Waals surface area contributed by atoms with E-state index in [9.17, 15) is 23.4 Å². The number of aliphatic hydroxyl groups is 1. The van der Waals surface area contributed by atoms with Crippen molar-refractivity contribution in [2.75, 3.05) is 30.7 Å². The van der Waals surface area contributed by atoms with E-state index in [1.165, 1.54) is 18.2 Å². The third-order valence-electron chi connectivity index (χ3n) is 4.04. The van der Waals surface area contributed by atoms with Gasteiger partial charge in [0.25, 0.3) is 5.91 Å². The van der Waals surface area contributed by atoms with Crippen molar-refractivity contribution in [3.8, 4) is 17.2 Å². The van der Waals surface area contributed by atoms with Crippen molar-refractivity contribution in [2.45, 2.75) is 19.1 Å². The zero-order chi connectivity index (χ0) is 23.0. The number of benzene rings is 2. The second-order valence-corrected chi connectivity index (χ2v) is 8.78. The molecule has 6 N–H and O–H groups in total. The van der Waals surface area contributed by atoms with Crippen LogP contribution in [-0.2, 0) is 10.0 Å². The van der Waals surface area contributed by atoms with E-state index in [-0.39, 0.29) is 37.1 Å². The summed E-state index contributed by atoms with van der Waals surface area (Å²) in [7, 11) is -3.34. The Morgan fingerprint density at radius 1 is 1.10 bits per heavy atom. The number of primary amides is 1. The van der Waals surface area contributed by atoms with Crippen LogP contribution >= 0.6 is 0 Å². The monoisotopic (exact) mass is 453 g/mol. The minimum atomic E-state index is -3.34. The highest BCUT2D eigenvalue weighted by molar-refractivity contribution is 7.92. The van der Waals surface area contributed by atoms with Gasteiger partial charge < -0.3 is 30.7 Å². The molecular weight excluding hydrogens is 426 g/mol. The largest absolute Gasteiger partial charge is 0.507 e. The maximum atomic E-state index is 11.2. The van der Waals surface area contributed by atoms with Crippen LogP contribution in [0.3, 0.4) is 0 Å². The SMILES string of the molecule is CC(COc1ccc(C(N)=O)c(O)c1)NCC(O)COc1ccc(NS(C)(=O)=O)cc1. The molecule has 0 heterocycles. The fourth-order valence-electron chi connectivity index (χ4n) is 2.51. The maximum absolute atomic E-state index is 11.2. The van der Waals surface area contributed by atoms with Gasteiger partial charge in [0.15, 0.2) is 0 Å². The number of amides is 1. The average Bonchev–Trinajstić information content (AvgIpc) is 2.68. The van der Waals surface area contributed by atoms with Gasteiger partial charge in [0, 0.05) is 24.3 Å². The Balaban J connectivity index is 1.70. The number of hydrogen-bond donors (Lipinski definition) is 5. The summed E-state index contributed by atoms with van der Waals surface area (Å²) in [6.07, 6.45) is 0.284. The number of phenols is 1. The lowest BCUT2D eigenvalue weighted by Gasteiger charge is -2.18. The van der Waals surface area contributed by atoms with Gasteiger partial charge in [-0.25, -0.2) is 8.42 Å². The molecule has 10 nitrogen and oxygen atoms in total. The summed E-state index contributed by atoms with van der Waals surface area (Å²) < 4.78 is 35.8. The summed E-state index contributed by atoms with van der Waals surface area (Å²) in [6, 6.07) is 10.4. The number of nitrogens with two attached hydrogens (primary N) is 1. The highest BCUT2D eigenvalue weighted by Gasteiger charge is 2.11. The van der Waals surface area contributed by atoms with Gasteiger partial charge in [-0.1, -0.05) is 0 Å². The van der Waals surface area contributed by atoms with Crippen LogP contribution in [0.15, 0.2) is 42.5 Å². The van der Waals surface area contributed by atoms with Crippen molar-refractivity contribution in [1.29, 1.82) is 0 Å². The standard InChI is InChI=1S/C20H27N3O7S/c1-13(11-29-17-7-8-18(20(21)26)19(25)9-17)22-10-15(24)12-30-16-5-3-14(4-6-16)23-31(2,27)28/h3-9,13,15,22-25H,10-12H2,1-2H3,(H2,21,26). The highest BCUT2D eigenvalue weighted by Crippen LogP contribution is 2.23. The molecule has 170 valence electrons. The van der Waals surface area contributed by atoms with Gasteiger partial charge in [-0.15, -0.1) is 0 Å². The number of sulfonamides is 1. The van der Waals surface area contributed by atoms with Crippen LogP contribution in [0.2, 0.25) is 0 Å². The molecule has 0 spiro atoms. The van der Waals surface area contributed by atoms with E-state index in [0.29, 0.717) is 17.2 Å². The average molecular weight is 454 g/mol. The molecule has 0 fully saturated rings. The number of anilines is 1. The molecule has 2 unspecified atom stereocenters. The van der Waals surface area contributed by atoms with E-state index < -0.39 is 22.0 Å². The molecule has 2 atom stereocenters. The summed E-state index contributed by atoms with van der Waals surface area (Å²) in [4.78, 5) is 11.1. The third kappa shape index (κ3) is 8.70. The molecule has 31 heavy (non-hydrogen) atoms. The van der Waals surface area contributed by atoms with Crippen LogP contribution in [-0.4, -0.2) is 62.7 Å². The second-order valence-electron chi connectivity index (χ2n) is 7.03. The van der Waals surface area contributed by atoms with Crippen molar-refractivity contribution >= 4 is 21.6 Å². The zero-order valence-electron chi connectivity index (χ0n) is 17.2. The first-order chi connectivity index (χ1) is 14.5. The maximum Gasteiger partial charge on any atom is 0.252 e. The first kappa shape index (κ1) is 24.3. The first-order valence-electron chi connectivity index (χ1n) is 9.41. The summed E-state index contributed by atoms with van der Waals surface area (Å²) in [6.45, 7) is 2.42. The quantitative estimate of drug-likeness (QED) is 0.313. The third-order valence-corrected chi connectivity index (χ3v) is 4.64. The second kappa shape index (κ2) is 10.8. The molecular formula is C20H27N3O7S. The Bertz CT molecular complexity index is 981. The van der Waals surface area contributed by atoms with E-state index in [1.54, 1.807) is 24.3 Å². The molecule has 2 aromatic carbocycles. The van der Waals surface area contributed by atoms with E-state index in [1.807, 2.05) is 6.92 Å². The zero-order valence-corrected chi connectivity index (χ0v) is 18.1. The Hall–Kier alpha value is -3.02. The van der Waals surface area contributed by atoms with Gasteiger partial charge in [-0.05, 0) is 43.3 Å².